The topological polar surface area (TPSA) is 29.1 Å². The van der Waals surface area contributed by atoms with Crippen molar-refractivity contribution >= 4 is 5.78 Å². The fourth-order valence-corrected chi connectivity index (χ4v) is 3.74. The van der Waals surface area contributed by atoms with Gasteiger partial charge in [0.15, 0.2) is 0 Å². The van der Waals surface area contributed by atoms with E-state index in [4.69, 9.17) is 0 Å². The van der Waals surface area contributed by atoms with Crippen LogP contribution in [0.2, 0.25) is 0 Å². The van der Waals surface area contributed by atoms with E-state index in [1.54, 1.807) is 6.92 Å². The zero-order chi connectivity index (χ0) is 24.0. The Hall–Kier alpha value is -2.19. The number of hydrogen-bond acceptors (Lipinski definition) is 2. The van der Waals surface area contributed by atoms with Crippen molar-refractivity contribution in [2.75, 3.05) is 13.6 Å². The summed E-state index contributed by atoms with van der Waals surface area (Å²) in [6.45, 7) is 22.8. The molecule has 1 atom stereocenters. The molecule has 0 bridgehead atoms. The minimum Gasteiger partial charge on any atom is -0.316 e. The number of allylic oxidation sites excluding steroid dienone is 4. The summed E-state index contributed by atoms with van der Waals surface area (Å²) in [6.07, 6.45) is 7.04. The molecule has 0 heterocycles. The molecule has 0 aromatic heterocycles. The lowest BCUT2D eigenvalue weighted by molar-refractivity contribution is -0.126. The molecule has 188 valence electrons. The predicted octanol–water partition coefficient (Wildman–Crippen LogP) is 8.76. The lowest BCUT2D eigenvalue weighted by Gasteiger charge is -2.45. The number of Topliss-reactive ketones (excluding diaryl/α,β-unsaturated/α-hetero) is 1. The van der Waals surface area contributed by atoms with Gasteiger partial charge in [-0.1, -0.05) is 109 Å². The summed E-state index contributed by atoms with van der Waals surface area (Å²) < 4.78 is 0. The van der Waals surface area contributed by atoms with Gasteiger partial charge in [0.25, 0.3) is 0 Å². The van der Waals surface area contributed by atoms with Crippen molar-refractivity contribution in [1.82, 2.24) is 5.32 Å². The molecule has 0 aliphatic heterocycles. The van der Waals surface area contributed by atoms with Gasteiger partial charge in [0.1, 0.15) is 5.78 Å². The number of carbonyl (C=O) groups excluding carboxylic acids is 1. The van der Waals surface area contributed by atoms with Crippen LogP contribution in [-0.4, -0.2) is 19.4 Å². The van der Waals surface area contributed by atoms with Crippen molar-refractivity contribution in [3.63, 3.8) is 0 Å². The zero-order valence-corrected chi connectivity index (χ0v) is 21.3. The molecule has 33 heavy (non-hydrogen) atoms. The van der Waals surface area contributed by atoms with Gasteiger partial charge >= 0.3 is 0 Å². The third-order valence-electron chi connectivity index (χ3n) is 6.07. The smallest absolute Gasteiger partial charge is 0.134 e. The first-order chi connectivity index (χ1) is 14.6. The van der Waals surface area contributed by atoms with Crippen LogP contribution < -0.4 is 5.32 Å². The lowest BCUT2D eigenvalue weighted by Crippen LogP contribution is -2.41. The van der Waals surface area contributed by atoms with Crippen molar-refractivity contribution in [2.45, 2.75) is 82.6 Å². The van der Waals surface area contributed by atoms with Gasteiger partial charge in [0, 0.05) is 12.5 Å². The number of carbonyl (C=O) groups is 1. The van der Waals surface area contributed by atoms with E-state index in [2.05, 4.69) is 82.6 Å². The Labute approximate surface area is 207 Å². The van der Waals surface area contributed by atoms with E-state index in [1.807, 2.05) is 27.0 Å². The summed E-state index contributed by atoms with van der Waals surface area (Å²) in [6, 6.07) is 10.7. The molecule has 0 radical (unpaired) electrons. The van der Waals surface area contributed by atoms with Gasteiger partial charge in [0.05, 0.1) is 0 Å². The average molecular weight is 456 g/mol. The van der Waals surface area contributed by atoms with E-state index in [0.717, 1.165) is 25.8 Å². The normalized spacial score (nSPS) is 16.7. The van der Waals surface area contributed by atoms with E-state index < -0.39 is 0 Å². The molecule has 0 saturated heterocycles. The highest BCUT2D eigenvalue weighted by molar-refractivity contribution is 5.81. The predicted molar refractivity (Wildman–Crippen MR) is 152 cm³/mol. The standard InChI is InChI=1S/C18H25N.C9H14O.C2H6.2CH4/c1-5-9-15(2)18(14-19-4)16(3)12-13-17-10-7-6-8-11-17;1-6-5-8(7(2)10)9(6,3)4;1-2;;/h5-11,19H,1,12-14H2,2-4H3;8H,1,5H2,2-4H3;1-2H3;2*1H4/b15-9-,18-16+;;;;. The highest BCUT2D eigenvalue weighted by Crippen LogP contribution is 2.50. The third kappa shape index (κ3) is 11.5. The number of ketones is 1. The van der Waals surface area contributed by atoms with Gasteiger partial charge in [-0.15, -0.1) is 0 Å². The van der Waals surface area contributed by atoms with Gasteiger partial charge in [-0.3, -0.25) is 4.79 Å². The molecule has 1 aliphatic rings. The van der Waals surface area contributed by atoms with E-state index in [1.165, 1.54) is 27.9 Å². The first-order valence-electron chi connectivity index (χ1n) is 11.5. The maximum Gasteiger partial charge on any atom is 0.134 e. The minimum atomic E-state index is 0. The Morgan fingerprint density at radius 1 is 1.12 bits per heavy atom. The van der Waals surface area contributed by atoms with Gasteiger partial charge < -0.3 is 5.32 Å². The molecular formula is C31H53NO. The molecule has 0 amide bonds. The zero-order valence-electron chi connectivity index (χ0n) is 21.3. The van der Waals surface area contributed by atoms with Crippen LogP contribution in [0.1, 0.15) is 81.7 Å². The number of hydrogen-bond donors (Lipinski definition) is 1. The maximum absolute atomic E-state index is 10.9. The summed E-state index contributed by atoms with van der Waals surface area (Å²) in [5, 5.41) is 3.25. The molecule has 0 spiro atoms. The SMILES string of the molecule is C.C.C=C/C=C(C)\C(CNC)=C(/C)CCc1ccccc1.C=C1CC(C(C)=O)C1(C)C.CC. The summed E-state index contributed by atoms with van der Waals surface area (Å²) in [7, 11) is 1.99. The third-order valence-corrected chi connectivity index (χ3v) is 6.07. The second kappa shape index (κ2) is 18.3. The fourth-order valence-electron chi connectivity index (χ4n) is 3.74. The fraction of sp³-hybridized carbons (Fsp3) is 0.516. The molecule has 1 saturated carbocycles. The van der Waals surface area contributed by atoms with Crippen LogP contribution in [0.3, 0.4) is 0 Å². The molecule has 1 fully saturated rings. The lowest BCUT2D eigenvalue weighted by atomic mass is 9.58. The van der Waals surface area contributed by atoms with Crippen molar-refractivity contribution in [2.24, 2.45) is 11.3 Å². The van der Waals surface area contributed by atoms with E-state index in [0.29, 0.717) is 5.78 Å². The van der Waals surface area contributed by atoms with Crippen molar-refractivity contribution in [3.05, 3.63) is 83.5 Å². The molecule has 1 aromatic carbocycles. The quantitative estimate of drug-likeness (QED) is 0.313. The number of benzene rings is 1. The van der Waals surface area contributed by atoms with Crippen LogP contribution in [0.4, 0.5) is 0 Å². The second-order valence-electron chi connectivity index (χ2n) is 8.55. The van der Waals surface area contributed by atoms with Gasteiger partial charge in [0.2, 0.25) is 0 Å². The number of rotatable bonds is 8. The Morgan fingerprint density at radius 3 is 2.03 bits per heavy atom. The summed E-state index contributed by atoms with van der Waals surface area (Å²) in [5.41, 5.74) is 6.84. The van der Waals surface area contributed by atoms with Crippen molar-refractivity contribution in [3.8, 4) is 0 Å². The molecule has 2 nitrogen and oxygen atoms in total. The van der Waals surface area contributed by atoms with Crippen LogP contribution in [0.25, 0.3) is 0 Å². The Morgan fingerprint density at radius 2 is 1.67 bits per heavy atom. The molecule has 1 aliphatic carbocycles. The Bertz CT molecular complexity index is 765. The molecule has 1 N–H and O–H groups in total. The molecule has 2 heteroatoms. The molecule has 2 rings (SSSR count). The van der Waals surface area contributed by atoms with Crippen LogP contribution in [0, 0.1) is 11.3 Å². The van der Waals surface area contributed by atoms with E-state index in [-0.39, 0.29) is 26.2 Å². The first kappa shape index (κ1) is 35.4. The van der Waals surface area contributed by atoms with Gasteiger partial charge in [-0.2, -0.15) is 0 Å². The number of aryl methyl sites for hydroxylation is 1. The first-order valence-corrected chi connectivity index (χ1v) is 11.5. The Kier molecular flexibility index (Phi) is 19.6. The highest BCUT2D eigenvalue weighted by Gasteiger charge is 2.44. The van der Waals surface area contributed by atoms with Crippen LogP contribution in [0.5, 0.6) is 0 Å². The largest absolute Gasteiger partial charge is 0.316 e. The van der Waals surface area contributed by atoms with Crippen molar-refractivity contribution < 1.29 is 4.79 Å². The van der Waals surface area contributed by atoms with E-state index >= 15 is 0 Å². The molecule has 1 aromatic rings. The minimum absolute atomic E-state index is 0. The van der Waals surface area contributed by atoms with Crippen molar-refractivity contribution in [1.29, 1.82) is 0 Å². The van der Waals surface area contributed by atoms with Crippen LogP contribution >= 0.6 is 0 Å². The second-order valence-corrected chi connectivity index (χ2v) is 8.55. The highest BCUT2D eigenvalue weighted by atomic mass is 16.1. The summed E-state index contributed by atoms with van der Waals surface area (Å²) >= 11 is 0. The average Bonchev–Trinajstić information content (AvgIpc) is 2.76. The summed E-state index contributed by atoms with van der Waals surface area (Å²) in [5.74, 6) is 0.539. The van der Waals surface area contributed by atoms with Gasteiger partial charge in [-0.25, -0.2) is 0 Å². The van der Waals surface area contributed by atoms with Gasteiger partial charge in [-0.05, 0) is 69.2 Å². The number of nitrogens with one attached hydrogen (secondary N) is 1. The maximum atomic E-state index is 10.9. The van der Waals surface area contributed by atoms with E-state index in [9.17, 15) is 4.79 Å². The molecule has 1 unspecified atom stereocenters. The monoisotopic (exact) mass is 455 g/mol. The Balaban J connectivity index is -0.000000547. The molecular weight excluding hydrogens is 402 g/mol. The van der Waals surface area contributed by atoms with Crippen LogP contribution in [0.15, 0.2) is 77.9 Å². The summed E-state index contributed by atoms with van der Waals surface area (Å²) in [4.78, 5) is 10.9. The number of likely N-dealkylation sites (N-methyl/N-ethyl adjacent to an activating group) is 1. The van der Waals surface area contributed by atoms with Crippen LogP contribution in [-0.2, 0) is 11.2 Å².